The minimum absolute atomic E-state index is 0.159. The Balaban J connectivity index is 1.72. The first-order valence-electron chi connectivity index (χ1n) is 7.77. The summed E-state index contributed by atoms with van der Waals surface area (Å²) in [6.45, 7) is 1.39. The summed E-state index contributed by atoms with van der Waals surface area (Å²) in [6.07, 6.45) is 1.48. The summed E-state index contributed by atoms with van der Waals surface area (Å²) in [7, 11) is 0. The molecule has 5 nitrogen and oxygen atoms in total. The Kier molecular flexibility index (Phi) is 6.58. The van der Waals surface area contributed by atoms with E-state index in [1.807, 2.05) is 0 Å². The Morgan fingerprint density at radius 1 is 1.30 bits per heavy atom. The zero-order chi connectivity index (χ0) is 16.7. The standard InChI is InChI=1S/C16H22F2N2O3/c1-2-22-16(21)20-9-7-13(8-10-20)19-11-12-3-5-14(6-4-12)23-15(17)18/h3-6,13,15,19H,2,7-11H2,1H3. The van der Waals surface area contributed by atoms with Crippen LogP contribution in [0.3, 0.4) is 0 Å². The van der Waals surface area contributed by atoms with E-state index in [0.717, 1.165) is 18.4 Å². The number of carbonyl (C=O) groups is 1. The Bertz CT molecular complexity index is 489. The number of halogens is 2. The van der Waals surface area contributed by atoms with Gasteiger partial charge in [-0.1, -0.05) is 12.1 Å². The summed E-state index contributed by atoms with van der Waals surface area (Å²) < 4.78 is 33.5. The average molecular weight is 328 g/mol. The van der Waals surface area contributed by atoms with E-state index in [0.29, 0.717) is 32.3 Å². The van der Waals surface area contributed by atoms with Crippen molar-refractivity contribution < 1.29 is 23.0 Å². The van der Waals surface area contributed by atoms with Gasteiger partial charge in [0.25, 0.3) is 0 Å². The third-order valence-electron chi connectivity index (χ3n) is 3.76. The van der Waals surface area contributed by atoms with Crippen LogP contribution in [0.1, 0.15) is 25.3 Å². The lowest BCUT2D eigenvalue weighted by Crippen LogP contribution is -2.44. The largest absolute Gasteiger partial charge is 0.450 e. The molecule has 1 heterocycles. The zero-order valence-electron chi connectivity index (χ0n) is 13.1. The molecule has 0 unspecified atom stereocenters. The van der Waals surface area contributed by atoms with Crippen LogP contribution < -0.4 is 10.1 Å². The molecule has 0 spiro atoms. The maximum absolute atomic E-state index is 12.1. The van der Waals surface area contributed by atoms with Crippen LogP contribution in [0.4, 0.5) is 13.6 Å². The Morgan fingerprint density at radius 3 is 2.52 bits per heavy atom. The number of piperidine rings is 1. The van der Waals surface area contributed by atoms with Gasteiger partial charge in [-0.25, -0.2) is 4.79 Å². The van der Waals surface area contributed by atoms with Crippen LogP contribution in [-0.4, -0.2) is 43.3 Å². The van der Waals surface area contributed by atoms with Crippen molar-refractivity contribution in [3.05, 3.63) is 29.8 Å². The first-order valence-corrected chi connectivity index (χ1v) is 7.77. The predicted octanol–water partition coefficient (Wildman–Crippen LogP) is 3.00. The lowest BCUT2D eigenvalue weighted by atomic mass is 10.0. The van der Waals surface area contributed by atoms with Gasteiger partial charge in [0.2, 0.25) is 0 Å². The molecule has 23 heavy (non-hydrogen) atoms. The molecule has 1 aromatic carbocycles. The van der Waals surface area contributed by atoms with Crippen molar-refractivity contribution in [3.63, 3.8) is 0 Å². The van der Waals surface area contributed by atoms with Crippen LogP contribution in [-0.2, 0) is 11.3 Å². The van der Waals surface area contributed by atoms with Crippen LogP contribution in [0.15, 0.2) is 24.3 Å². The van der Waals surface area contributed by atoms with Crippen LogP contribution in [0.5, 0.6) is 5.75 Å². The first kappa shape index (κ1) is 17.5. The highest BCUT2D eigenvalue weighted by Crippen LogP contribution is 2.16. The smallest absolute Gasteiger partial charge is 0.409 e. The zero-order valence-corrected chi connectivity index (χ0v) is 13.1. The van der Waals surface area contributed by atoms with E-state index in [4.69, 9.17) is 4.74 Å². The fourth-order valence-electron chi connectivity index (χ4n) is 2.53. The molecule has 0 aromatic heterocycles. The van der Waals surface area contributed by atoms with Crippen LogP contribution in [0, 0.1) is 0 Å². The van der Waals surface area contributed by atoms with E-state index >= 15 is 0 Å². The molecule has 1 fully saturated rings. The number of benzene rings is 1. The number of hydrogen-bond acceptors (Lipinski definition) is 4. The number of rotatable bonds is 6. The quantitative estimate of drug-likeness (QED) is 0.872. The van der Waals surface area contributed by atoms with E-state index in [1.165, 1.54) is 12.1 Å². The molecule has 1 amide bonds. The maximum Gasteiger partial charge on any atom is 0.409 e. The van der Waals surface area contributed by atoms with E-state index in [9.17, 15) is 13.6 Å². The summed E-state index contributed by atoms with van der Waals surface area (Å²) in [4.78, 5) is 13.3. The molecule has 0 atom stereocenters. The minimum Gasteiger partial charge on any atom is -0.450 e. The fraction of sp³-hybridized carbons (Fsp3) is 0.562. The molecular weight excluding hydrogens is 306 g/mol. The monoisotopic (exact) mass is 328 g/mol. The Morgan fingerprint density at radius 2 is 1.96 bits per heavy atom. The molecule has 0 bridgehead atoms. The molecule has 1 aromatic rings. The van der Waals surface area contributed by atoms with Gasteiger partial charge < -0.3 is 19.7 Å². The summed E-state index contributed by atoms with van der Waals surface area (Å²) >= 11 is 0. The SMILES string of the molecule is CCOC(=O)N1CCC(NCc2ccc(OC(F)F)cc2)CC1. The third-order valence-corrected chi connectivity index (χ3v) is 3.76. The number of carbonyl (C=O) groups excluding carboxylic acids is 1. The van der Waals surface area contributed by atoms with Crippen molar-refractivity contribution in [2.45, 2.75) is 39.0 Å². The second-order valence-electron chi connectivity index (χ2n) is 5.36. The van der Waals surface area contributed by atoms with Gasteiger partial charge in [-0.2, -0.15) is 8.78 Å². The normalized spacial score (nSPS) is 15.7. The number of amides is 1. The molecule has 0 aliphatic carbocycles. The van der Waals surface area contributed by atoms with Gasteiger partial charge in [-0.05, 0) is 37.5 Å². The molecule has 1 aliphatic heterocycles. The Hall–Kier alpha value is -1.89. The highest BCUT2D eigenvalue weighted by atomic mass is 19.3. The second-order valence-corrected chi connectivity index (χ2v) is 5.36. The lowest BCUT2D eigenvalue weighted by molar-refractivity contribution is -0.0498. The van der Waals surface area contributed by atoms with Crippen LogP contribution in [0.25, 0.3) is 0 Å². The number of ether oxygens (including phenoxy) is 2. The number of likely N-dealkylation sites (tertiary alicyclic amines) is 1. The second kappa shape index (κ2) is 8.67. The van der Waals surface area contributed by atoms with E-state index in [1.54, 1.807) is 24.0 Å². The van der Waals surface area contributed by atoms with E-state index in [-0.39, 0.29) is 11.8 Å². The highest BCUT2D eigenvalue weighted by molar-refractivity contribution is 5.67. The van der Waals surface area contributed by atoms with Gasteiger partial charge in [0, 0.05) is 25.7 Å². The molecule has 1 aliphatic rings. The lowest BCUT2D eigenvalue weighted by Gasteiger charge is -2.31. The average Bonchev–Trinajstić information content (AvgIpc) is 2.54. The van der Waals surface area contributed by atoms with Gasteiger partial charge in [-0.3, -0.25) is 0 Å². The first-order chi connectivity index (χ1) is 11.1. The van der Waals surface area contributed by atoms with Crippen LogP contribution >= 0.6 is 0 Å². The van der Waals surface area contributed by atoms with Crippen molar-refractivity contribution in [1.82, 2.24) is 10.2 Å². The van der Waals surface area contributed by atoms with Crippen molar-refractivity contribution in [3.8, 4) is 5.75 Å². The molecule has 0 radical (unpaired) electrons. The molecular formula is C16H22F2N2O3. The molecule has 128 valence electrons. The van der Waals surface area contributed by atoms with Crippen molar-refractivity contribution in [1.29, 1.82) is 0 Å². The van der Waals surface area contributed by atoms with Crippen LogP contribution in [0.2, 0.25) is 0 Å². The topological polar surface area (TPSA) is 50.8 Å². The number of nitrogens with one attached hydrogen (secondary N) is 1. The number of hydrogen-bond donors (Lipinski definition) is 1. The van der Waals surface area contributed by atoms with Gasteiger partial charge >= 0.3 is 12.7 Å². The molecule has 7 heteroatoms. The van der Waals surface area contributed by atoms with Crippen molar-refractivity contribution >= 4 is 6.09 Å². The maximum atomic E-state index is 12.1. The number of alkyl halides is 2. The van der Waals surface area contributed by atoms with Crippen molar-refractivity contribution in [2.75, 3.05) is 19.7 Å². The molecule has 0 saturated carbocycles. The minimum atomic E-state index is -2.80. The van der Waals surface area contributed by atoms with Gasteiger partial charge in [0.05, 0.1) is 6.61 Å². The summed E-state index contributed by atoms with van der Waals surface area (Å²) in [5.74, 6) is 0.159. The van der Waals surface area contributed by atoms with E-state index < -0.39 is 6.61 Å². The predicted molar refractivity (Wildman–Crippen MR) is 81.5 cm³/mol. The number of nitrogens with zero attached hydrogens (tertiary/aromatic N) is 1. The highest BCUT2D eigenvalue weighted by Gasteiger charge is 2.23. The fourth-order valence-corrected chi connectivity index (χ4v) is 2.53. The third kappa shape index (κ3) is 5.67. The summed E-state index contributed by atoms with van der Waals surface area (Å²) in [5.41, 5.74) is 0.999. The molecule has 2 rings (SSSR count). The van der Waals surface area contributed by atoms with Gasteiger partial charge in [0.15, 0.2) is 0 Å². The van der Waals surface area contributed by atoms with Crippen molar-refractivity contribution in [2.24, 2.45) is 0 Å². The molecule has 1 N–H and O–H groups in total. The van der Waals surface area contributed by atoms with E-state index in [2.05, 4.69) is 10.1 Å². The Labute approximate surface area is 134 Å². The molecule has 1 saturated heterocycles. The summed E-state index contributed by atoms with van der Waals surface area (Å²) in [6, 6.07) is 6.92. The van der Waals surface area contributed by atoms with Gasteiger partial charge in [-0.15, -0.1) is 0 Å². The summed E-state index contributed by atoms with van der Waals surface area (Å²) in [5, 5.41) is 3.42. The van der Waals surface area contributed by atoms with Gasteiger partial charge in [0.1, 0.15) is 5.75 Å².